The van der Waals surface area contributed by atoms with Gasteiger partial charge in [0.2, 0.25) is 5.91 Å². The first-order valence-corrected chi connectivity index (χ1v) is 8.00. The Kier molecular flexibility index (Phi) is 4.08. The maximum atomic E-state index is 12.5. The average molecular weight is 265 g/mol. The number of piperazine rings is 1. The van der Waals surface area contributed by atoms with Crippen LogP contribution in [0.4, 0.5) is 0 Å². The van der Waals surface area contributed by atoms with Crippen LogP contribution in [0, 0.1) is 5.92 Å². The van der Waals surface area contributed by atoms with E-state index in [2.05, 4.69) is 22.0 Å². The van der Waals surface area contributed by atoms with Crippen molar-refractivity contribution in [2.45, 2.75) is 51.1 Å². The minimum atomic E-state index is 0.0824. The van der Waals surface area contributed by atoms with E-state index >= 15 is 0 Å². The Balaban J connectivity index is 1.48. The SMILES string of the molecule is CC1CCNC(C(=O)N2CCN(C3CCC3)CC2)C1. The molecule has 19 heavy (non-hydrogen) atoms. The molecule has 4 heteroatoms. The lowest BCUT2D eigenvalue weighted by atomic mass is 9.91. The number of nitrogens with zero attached hydrogens (tertiary/aromatic N) is 2. The van der Waals surface area contributed by atoms with Gasteiger partial charge in [-0.1, -0.05) is 13.3 Å². The largest absolute Gasteiger partial charge is 0.339 e. The van der Waals surface area contributed by atoms with Crippen molar-refractivity contribution in [3.05, 3.63) is 0 Å². The molecule has 1 amide bonds. The zero-order valence-corrected chi connectivity index (χ0v) is 12.1. The molecule has 1 aliphatic carbocycles. The van der Waals surface area contributed by atoms with Gasteiger partial charge in [-0.25, -0.2) is 0 Å². The van der Waals surface area contributed by atoms with E-state index in [9.17, 15) is 4.79 Å². The summed E-state index contributed by atoms with van der Waals surface area (Å²) in [4.78, 5) is 17.2. The highest BCUT2D eigenvalue weighted by Gasteiger charge is 2.32. The number of amides is 1. The van der Waals surface area contributed by atoms with Crippen molar-refractivity contribution < 1.29 is 4.79 Å². The predicted molar refractivity (Wildman–Crippen MR) is 76.0 cm³/mol. The van der Waals surface area contributed by atoms with Crippen LogP contribution >= 0.6 is 0 Å². The van der Waals surface area contributed by atoms with Gasteiger partial charge < -0.3 is 10.2 Å². The van der Waals surface area contributed by atoms with Gasteiger partial charge in [0.1, 0.15) is 0 Å². The van der Waals surface area contributed by atoms with Gasteiger partial charge in [-0.05, 0) is 38.1 Å². The Morgan fingerprint density at radius 1 is 1.11 bits per heavy atom. The average Bonchev–Trinajstić information content (AvgIpc) is 2.37. The van der Waals surface area contributed by atoms with Crippen LogP contribution < -0.4 is 5.32 Å². The molecular formula is C15H27N3O. The van der Waals surface area contributed by atoms with Gasteiger partial charge in [0.05, 0.1) is 6.04 Å². The maximum Gasteiger partial charge on any atom is 0.239 e. The summed E-state index contributed by atoms with van der Waals surface area (Å²) in [5.74, 6) is 1.03. The van der Waals surface area contributed by atoms with Crippen molar-refractivity contribution in [3.8, 4) is 0 Å². The standard InChI is InChI=1S/C15H27N3O/c1-12-5-6-16-14(11-12)15(19)18-9-7-17(8-10-18)13-3-2-4-13/h12-14,16H,2-11H2,1H3. The topological polar surface area (TPSA) is 35.6 Å². The number of carbonyl (C=O) groups is 1. The Morgan fingerprint density at radius 3 is 2.42 bits per heavy atom. The zero-order valence-electron chi connectivity index (χ0n) is 12.1. The molecule has 3 rings (SSSR count). The maximum absolute atomic E-state index is 12.5. The monoisotopic (exact) mass is 265 g/mol. The van der Waals surface area contributed by atoms with E-state index in [1.807, 2.05) is 0 Å². The van der Waals surface area contributed by atoms with E-state index in [1.54, 1.807) is 0 Å². The van der Waals surface area contributed by atoms with Gasteiger partial charge in [0, 0.05) is 32.2 Å². The van der Waals surface area contributed by atoms with Crippen molar-refractivity contribution in [2.24, 2.45) is 5.92 Å². The lowest BCUT2D eigenvalue weighted by Crippen LogP contribution is -2.57. The van der Waals surface area contributed by atoms with E-state index in [-0.39, 0.29) is 6.04 Å². The molecule has 2 saturated heterocycles. The van der Waals surface area contributed by atoms with E-state index in [0.717, 1.165) is 45.2 Å². The predicted octanol–water partition coefficient (Wildman–Crippen LogP) is 1.07. The number of nitrogens with one attached hydrogen (secondary N) is 1. The van der Waals surface area contributed by atoms with E-state index < -0.39 is 0 Å². The lowest BCUT2D eigenvalue weighted by Gasteiger charge is -2.44. The normalized spacial score (nSPS) is 34.1. The number of rotatable bonds is 2. The number of carbonyl (C=O) groups excluding carboxylic acids is 1. The summed E-state index contributed by atoms with van der Waals surface area (Å²) in [5.41, 5.74) is 0. The lowest BCUT2D eigenvalue weighted by molar-refractivity contribution is -0.136. The molecule has 0 aromatic heterocycles. The highest BCUT2D eigenvalue weighted by molar-refractivity contribution is 5.82. The van der Waals surface area contributed by atoms with Crippen molar-refractivity contribution in [3.63, 3.8) is 0 Å². The molecule has 0 bridgehead atoms. The summed E-state index contributed by atoms with van der Waals surface area (Å²) in [6, 6.07) is 0.907. The van der Waals surface area contributed by atoms with E-state index in [4.69, 9.17) is 0 Å². The van der Waals surface area contributed by atoms with Crippen LogP contribution in [-0.4, -0.2) is 60.5 Å². The fourth-order valence-electron chi connectivity index (χ4n) is 3.58. The summed E-state index contributed by atoms with van der Waals surface area (Å²) < 4.78 is 0. The van der Waals surface area contributed by atoms with Crippen molar-refractivity contribution >= 4 is 5.91 Å². The second-order valence-corrected chi connectivity index (χ2v) is 6.58. The number of piperidine rings is 1. The molecule has 0 radical (unpaired) electrons. The summed E-state index contributed by atoms with van der Waals surface area (Å²) in [7, 11) is 0. The second-order valence-electron chi connectivity index (χ2n) is 6.58. The van der Waals surface area contributed by atoms with Crippen molar-refractivity contribution in [2.75, 3.05) is 32.7 Å². The Morgan fingerprint density at radius 2 is 1.84 bits per heavy atom. The number of hydrogen-bond donors (Lipinski definition) is 1. The van der Waals surface area contributed by atoms with Gasteiger partial charge in [-0.15, -0.1) is 0 Å². The van der Waals surface area contributed by atoms with Crippen molar-refractivity contribution in [1.82, 2.24) is 15.1 Å². The van der Waals surface area contributed by atoms with Crippen molar-refractivity contribution in [1.29, 1.82) is 0 Å². The van der Waals surface area contributed by atoms with Crippen LogP contribution in [0.3, 0.4) is 0 Å². The highest BCUT2D eigenvalue weighted by Crippen LogP contribution is 2.26. The highest BCUT2D eigenvalue weighted by atomic mass is 16.2. The molecule has 2 unspecified atom stereocenters. The second kappa shape index (κ2) is 5.80. The molecule has 108 valence electrons. The summed E-state index contributed by atoms with van der Waals surface area (Å²) >= 11 is 0. The van der Waals surface area contributed by atoms with E-state index in [1.165, 1.54) is 25.7 Å². The van der Waals surface area contributed by atoms with E-state index in [0.29, 0.717) is 11.8 Å². The third kappa shape index (κ3) is 2.95. The fraction of sp³-hybridized carbons (Fsp3) is 0.933. The first-order chi connectivity index (χ1) is 9.24. The zero-order chi connectivity index (χ0) is 13.2. The Labute approximate surface area is 116 Å². The summed E-state index contributed by atoms with van der Waals surface area (Å²) in [6.45, 7) is 7.29. The van der Waals surface area contributed by atoms with Gasteiger partial charge in [0.15, 0.2) is 0 Å². The van der Waals surface area contributed by atoms with Gasteiger partial charge in [0.25, 0.3) is 0 Å². The molecule has 2 atom stereocenters. The van der Waals surface area contributed by atoms with Crippen LogP contribution in [0.1, 0.15) is 39.0 Å². The summed E-state index contributed by atoms with van der Waals surface area (Å²) in [6.07, 6.45) is 6.36. The third-order valence-electron chi connectivity index (χ3n) is 5.18. The van der Waals surface area contributed by atoms with Crippen LogP contribution in [0.25, 0.3) is 0 Å². The van der Waals surface area contributed by atoms with Crippen LogP contribution in [0.15, 0.2) is 0 Å². The molecule has 0 spiro atoms. The van der Waals surface area contributed by atoms with Gasteiger partial charge >= 0.3 is 0 Å². The first kappa shape index (κ1) is 13.4. The summed E-state index contributed by atoms with van der Waals surface area (Å²) in [5, 5.41) is 3.40. The Bertz CT molecular complexity index is 321. The molecule has 2 aliphatic heterocycles. The molecule has 4 nitrogen and oxygen atoms in total. The quantitative estimate of drug-likeness (QED) is 0.811. The van der Waals surface area contributed by atoms with Crippen LogP contribution in [0.2, 0.25) is 0 Å². The molecule has 1 saturated carbocycles. The van der Waals surface area contributed by atoms with Crippen LogP contribution in [-0.2, 0) is 4.79 Å². The molecule has 2 heterocycles. The molecular weight excluding hydrogens is 238 g/mol. The molecule has 1 N–H and O–H groups in total. The van der Waals surface area contributed by atoms with Gasteiger partial charge in [-0.3, -0.25) is 9.69 Å². The molecule has 0 aromatic rings. The Hall–Kier alpha value is -0.610. The minimum absolute atomic E-state index is 0.0824. The molecule has 3 fully saturated rings. The fourth-order valence-corrected chi connectivity index (χ4v) is 3.58. The number of hydrogen-bond acceptors (Lipinski definition) is 3. The minimum Gasteiger partial charge on any atom is -0.339 e. The third-order valence-corrected chi connectivity index (χ3v) is 5.18. The van der Waals surface area contributed by atoms with Gasteiger partial charge in [-0.2, -0.15) is 0 Å². The molecule has 0 aromatic carbocycles. The molecule has 3 aliphatic rings. The van der Waals surface area contributed by atoms with Crippen LogP contribution in [0.5, 0.6) is 0 Å². The first-order valence-electron chi connectivity index (χ1n) is 8.00. The smallest absolute Gasteiger partial charge is 0.239 e.